The summed E-state index contributed by atoms with van der Waals surface area (Å²) in [5, 5.41) is 35.7. The number of amides is 1. The Morgan fingerprint density at radius 1 is 0.744 bits per heavy atom. The number of nitrogens with two attached hydrogens (primary N) is 3. The van der Waals surface area contributed by atoms with Crippen molar-refractivity contribution in [1.29, 1.82) is 0 Å². The lowest BCUT2D eigenvalue weighted by atomic mass is 9.98. The van der Waals surface area contributed by atoms with Gasteiger partial charge in [-0.05, 0) is 6.42 Å². The number of alkyl carbamates (subject to hydrolysis) is 1. The van der Waals surface area contributed by atoms with Gasteiger partial charge in [-0.3, -0.25) is 51.4 Å². The quantitative estimate of drug-likeness (QED) is 0.0221. The minimum absolute atomic E-state index is 0.00123. The molecule has 82 heavy (non-hydrogen) atoms. The van der Waals surface area contributed by atoms with E-state index in [9.17, 15) is 67.5 Å². The van der Waals surface area contributed by atoms with Crippen LogP contribution < -0.4 is 38.2 Å². The highest BCUT2D eigenvalue weighted by Gasteiger charge is 2.54. The van der Waals surface area contributed by atoms with Crippen LogP contribution >= 0.6 is 31.3 Å². The number of ether oxygens (including phenoxy) is 5. The third-order valence-electron chi connectivity index (χ3n) is 12.7. The zero-order valence-corrected chi connectivity index (χ0v) is 46.0. The number of imidazole rings is 3. The summed E-state index contributed by atoms with van der Waals surface area (Å²) in [5.74, 6) is -1.96. The number of carbonyl (C=O) groups excluding carboxylic acids is 1. The summed E-state index contributed by atoms with van der Waals surface area (Å²) in [6, 6.07) is 0. The van der Waals surface area contributed by atoms with Gasteiger partial charge in [-0.1, -0.05) is 11.9 Å². The molecule has 3 aliphatic rings. The number of carbonyl (C=O) groups is 1. The Morgan fingerprint density at radius 3 is 2.04 bits per heavy atom. The maximum absolute atomic E-state index is 13.8. The smallest absolute Gasteiger partial charge is 0.450 e. The molecule has 45 heteroatoms. The van der Waals surface area contributed by atoms with Crippen LogP contribution in [-0.2, 0) is 75.7 Å². The molecular formula is C37H53N16O25P4+. The summed E-state index contributed by atoms with van der Waals surface area (Å²) in [6.45, 7) is -2.03. The van der Waals surface area contributed by atoms with E-state index in [1.54, 1.807) is 6.92 Å². The Hall–Kier alpha value is -5.84. The van der Waals surface area contributed by atoms with Gasteiger partial charge in [0.2, 0.25) is 17.7 Å². The monoisotopic (exact) mass is 1250 g/mol. The van der Waals surface area contributed by atoms with Crippen LogP contribution in [0.25, 0.3) is 33.5 Å². The van der Waals surface area contributed by atoms with Crippen molar-refractivity contribution in [2.24, 2.45) is 13.0 Å². The van der Waals surface area contributed by atoms with Gasteiger partial charge in [-0.2, -0.15) is 13.6 Å². The van der Waals surface area contributed by atoms with Gasteiger partial charge < -0.3 is 81.1 Å². The Morgan fingerprint density at radius 2 is 1.35 bits per heavy atom. The number of anilines is 3. The minimum atomic E-state index is -6.25. The van der Waals surface area contributed by atoms with Crippen LogP contribution in [0.15, 0.2) is 34.9 Å². The van der Waals surface area contributed by atoms with E-state index >= 15 is 0 Å². The van der Waals surface area contributed by atoms with Gasteiger partial charge in [0.25, 0.3) is 17.1 Å². The van der Waals surface area contributed by atoms with Crippen molar-refractivity contribution >= 4 is 88.6 Å². The SMILES string of the molecule is CCCOC(=O)NC[C@H]1[C@@H](O)[C@H]([n+]2cn(C)c3c(=O)[nH]c(N)nc32)O[C@@H]1COP(=O)(O)OP(=O)(O)OP(=O)(O)OC[C@H]1O[C@@H](n2cnc3c(N)ncnc32)[C@H](OC)[C@@H]1OP(=O)(O)OC[C@H]1O[C@@H](n2cnc3c(=O)[nH]c(N)nc32)[C@H](O)[C@@H]1O. The van der Waals surface area contributed by atoms with Crippen molar-refractivity contribution in [3.05, 3.63) is 46.0 Å². The molecule has 6 aromatic heterocycles. The van der Waals surface area contributed by atoms with Crippen LogP contribution in [0.1, 0.15) is 32.0 Å². The van der Waals surface area contributed by atoms with Crippen molar-refractivity contribution in [2.75, 3.05) is 57.3 Å². The molecule has 0 bridgehead atoms. The normalized spacial score (nSPS) is 28.8. The number of phosphoric acid groups is 4. The Bertz CT molecular complexity index is 3680. The van der Waals surface area contributed by atoms with Crippen LogP contribution in [0.5, 0.6) is 0 Å². The predicted octanol–water partition coefficient (Wildman–Crippen LogP) is -3.32. The zero-order chi connectivity index (χ0) is 59.4. The molecule has 0 aliphatic carbocycles. The second kappa shape index (κ2) is 23.7. The lowest BCUT2D eigenvalue weighted by Crippen LogP contribution is -2.46. The molecule has 41 nitrogen and oxygen atoms in total. The van der Waals surface area contributed by atoms with Crippen molar-refractivity contribution in [3.8, 4) is 0 Å². The number of nitrogen functional groups attached to an aromatic ring is 3. The van der Waals surface area contributed by atoms with Crippen LogP contribution in [0.2, 0.25) is 0 Å². The molecule has 1 amide bonds. The molecule has 9 rings (SSSR count). The molecule has 0 spiro atoms. The topological polar surface area (TPSA) is 580 Å². The van der Waals surface area contributed by atoms with Gasteiger partial charge >= 0.3 is 43.0 Å². The van der Waals surface area contributed by atoms with Gasteiger partial charge in [0.15, 0.2) is 41.4 Å². The maximum atomic E-state index is 13.8. The summed E-state index contributed by atoms with van der Waals surface area (Å²) in [6.07, 6.45) is -14.0. The molecule has 3 saturated heterocycles. The lowest BCUT2D eigenvalue weighted by Gasteiger charge is -2.26. The Kier molecular flexibility index (Phi) is 17.5. The van der Waals surface area contributed by atoms with E-state index in [0.717, 1.165) is 30.7 Å². The second-order valence-electron chi connectivity index (χ2n) is 18.2. The number of nitrogens with zero attached hydrogens (tertiary/aromatic N) is 10. The van der Waals surface area contributed by atoms with Crippen molar-refractivity contribution in [2.45, 2.75) is 80.9 Å². The number of aromatic nitrogens is 12. The van der Waals surface area contributed by atoms with E-state index in [1.807, 2.05) is 0 Å². The molecule has 0 aromatic carbocycles. The number of aliphatic hydroxyl groups excluding tert-OH is 3. The summed E-state index contributed by atoms with van der Waals surface area (Å²) in [5.41, 5.74) is 15.6. The molecule has 6 aromatic rings. The van der Waals surface area contributed by atoms with E-state index in [2.05, 4.69) is 53.8 Å². The number of rotatable bonds is 23. The van der Waals surface area contributed by atoms with Gasteiger partial charge in [-0.15, -0.1) is 0 Å². The van der Waals surface area contributed by atoms with Crippen LogP contribution in [0.4, 0.5) is 22.5 Å². The van der Waals surface area contributed by atoms with Crippen LogP contribution in [0.3, 0.4) is 0 Å². The average Bonchev–Trinajstić information content (AvgIpc) is 3.79. The van der Waals surface area contributed by atoms with E-state index in [0.29, 0.717) is 6.42 Å². The lowest BCUT2D eigenvalue weighted by molar-refractivity contribution is -0.745. The molecule has 0 radical (unpaired) electrons. The minimum Gasteiger partial charge on any atom is -0.450 e. The van der Waals surface area contributed by atoms with Gasteiger partial charge in [0.05, 0.1) is 52.2 Å². The second-order valence-corrected chi connectivity index (χ2v) is 24.2. The Balaban J connectivity index is 0.876. The highest BCUT2D eigenvalue weighted by Crippen LogP contribution is 2.68. The van der Waals surface area contributed by atoms with E-state index in [4.69, 9.17) is 59.0 Å². The number of hydrogen-bond acceptors (Lipinski definition) is 30. The number of methoxy groups -OCH3 is 1. The number of H-pyrrole nitrogens is 2. The van der Waals surface area contributed by atoms with Crippen LogP contribution in [-0.4, -0.2) is 183 Å². The number of phosphoric ester groups is 3. The van der Waals surface area contributed by atoms with Gasteiger partial charge in [0.1, 0.15) is 54.6 Å². The molecule has 450 valence electrons. The molecule has 9 heterocycles. The summed E-state index contributed by atoms with van der Waals surface area (Å²) < 4.78 is 116. The first-order chi connectivity index (χ1) is 38.6. The van der Waals surface area contributed by atoms with Gasteiger partial charge in [-0.25, -0.2) is 47.6 Å². The van der Waals surface area contributed by atoms with Crippen LogP contribution in [0, 0.1) is 5.92 Å². The number of aryl methyl sites for hydroxylation is 1. The number of aliphatic hydroxyl groups is 3. The average molecular weight is 1250 g/mol. The molecule has 16 atom stereocenters. The summed E-state index contributed by atoms with van der Waals surface area (Å²) >= 11 is 0. The molecule has 16 N–H and O–H groups in total. The van der Waals surface area contributed by atoms with E-state index in [-0.39, 0.29) is 57.8 Å². The van der Waals surface area contributed by atoms with Crippen molar-refractivity contribution in [3.63, 3.8) is 0 Å². The number of aromatic amines is 2. The summed E-state index contributed by atoms with van der Waals surface area (Å²) in [4.78, 5) is 109. The van der Waals surface area contributed by atoms with E-state index < -0.39 is 148 Å². The highest BCUT2D eigenvalue weighted by molar-refractivity contribution is 7.66. The van der Waals surface area contributed by atoms with Crippen molar-refractivity contribution < 1.29 is 113 Å². The highest BCUT2D eigenvalue weighted by atomic mass is 31.3. The molecule has 0 saturated carbocycles. The molecule has 4 unspecified atom stereocenters. The summed E-state index contributed by atoms with van der Waals surface area (Å²) in [7, 11) is -21.1. The number of nitrogens with one attached hydrogen (secondary N) is 3. The molecular weight excluding hydrogens is 1190 g/mol. The fraction of sp³-hybridized carbons (Fsp3) is 0.568. The first-order valence-electron chi connectivity index (χ1n) is 23.8. The fourth-order valence-corrected chi connectivity index (χ4v) is 13.6. The number of fused-ring (bicyclic) bond motifs is 3. The fourth-order valence-electron chi connectivity index (χ4n) is 9.08. The molecule has 3 aliphatic heterocycles. The first kappa shape index (κ1) is 60.7. The van der Waals surface area contributed by atoms with Gasteiger partial charge in [0, 0.05) is 19.6 Å². The Labute approximate surface area is 456 Å². The van der Waals surface area contributed by atoms with Crippen molar-refractivity contribution in [1.82, 2.24) is 58.9 Å². The largest absolute Gasteiger partial charge is 0.490 e. The van der Waals surface area contributed by atoms with E-state index in [1.165, 1.54) is 27.1 Å². The third-order valence-corrected chi connectivity index (χ3v) is 17.9. The molecule has 3 fully saturated rings. The third kappa shape index (κ3) is 12.8. The standard InChI is InChI=1S/C37H52N16O25P4/c1-4-5-69-37(59)41-6-14-15(73-32(21(14)54)53-13-50(2)20-29(53)47-36(40)49-31(20)58)7-71-80(62,63)77-82(66,67)78-81(64,65)72-9-17-24(25(68-3)34(75-17)51-11-44-18-26(38)42-10-43-27(18)51)76-79(60,61)70-8-16-22(55)23(56)33(74-16)52-12-45-19-28(52)46-35(39)48-30(19)57/h10-17,21-25,32-34,54-56H,4-9H2,1-3H3,(H12-,38,39,40,41,42,43,46,47,48,49,57,58,59,60,61,62,63,64,65,66,67)/p+1/t14-,15-,16-,17-,21-,22-,23-,24-,25-,32-,33-,34-/m1/s1. The maximum Gasteiger partial charge on any atom is 0.490 e. The first-order valence-corrected chi connectivity index (χ1v) is 29.8. The zero-order valence-electron chi connectivity index (χ0n) is 42.5. The predicted molar refractivity (Wildman–Crippen MR) is 266 cm³/mol. The number of hydrogen-bond donors (Lipinski definition) is 13.